The molecular formula is C13H19BrN2O2S. The fourth-order valence-electron chi connectivity index (χ4n) is 2.24. The van der Waals surface area contributed by atoms with Crippen molar-refractivity contribution in [2.45, 2.75) is 37.1 Å². The van der Waals surface area contributed by atoms with Crippen LogP contribution in [-0.4, -0.2) is 27.5 Å². The van der Waals surface area contributed by atoms with Gasteiger partial charge < -0.3 is 5.32 Å². The molecule has 2 rings (SSSR count). The first kappa shape index (κ1) is 15.0. The lowest BCUT2D eigenvalue weighted by atomic mass is 10.1. The third-order valence-corrected chi connectivity index (χ3v) is 5.77. The molecule has 0 aliphatic carbocycles. The van der Waals surface area contributed by atoms with Crippen molar-refractivity contribution in [1.29, 1.82) is 0 Å². The summed E-state index contributed by atoms with van der Waals surface area (Å²) < 4.78 is 28.2. The maximum absolute atomic E-state index is 12.4. The highest BCUT2D eigenvalue weighted by Crippen LogP contribution is 2.23. The minimum absolute atomic E-state index is 0.0215. The highest BCUT2D eigenvalue weighted by molar-refractivity contribution is 9.10. The van der Waals surface area contributed by atoms with Gasteiger partial charge >= 0.3 is 0 Å². The van der Waals surface area contributed by atoms with Crippen LogP contribution >= 0.6 is 15.9 Å². The molecule has 2 N–H and O–H groups in total. The Morgan fingerprint density at radius 2 is 2.11 bits per heavy atom. The van der Waals surface area contributed by atoms with Crippen molar-refractivity contribution in [3.05, 3.63) is 28.2 Å². The fourth-order valence-corrected chi connectivity index (χ4v) is 4.74. The van der Waals surface area contributed by atoms with Gasteiger partial charge in [-0.05, 0) is 72.9 Å². The molecule has 1 fully saturated rings. The Balaban J connectivity index is 2.17. The topological polar surface area (TPSA) is 58.2 Å². The molecule has 0 saturated carbocycles. The first-order chi connectivity index (χ1) is 8.99. The van der Waals surface area contributed by atoms with Crippen LogP contribution in [0.3, 0.4) is 0 Å². The molecule has 4 nitrogen and oxygen atoms in total. The largest absolute Gasteiger partial charge is 0.317 e. The molecule has 1 aromatic rings. The van der Waals surface area contributed by atoms with Gasteiger partial charge in [0.05, 0.1) is 4.90 Å². The summed E-state index contributed by atoms with van der Waals surface area (Å²) in [5, 5.41) is 3.28. The SMILES string of the molecule is Cc1ccc(S(=O)(=O)NC2CCCNCC2)c(Br)c1. The minimum Gasteiger partial charge on any atom is -0.317 e. The van der Waals surface area contributed by atoms with Crippen LogP contribution in [0.2, 0.25) is 0 Å². The molecule has 1 saturated heterocycles. The second kappa shape index (κ2) is 6.35. The molecule has 0 aromatic heterocycles. The van der Waals surface area contributed by atoms with E-state index < -0.39 is 10.0 Å². The number of benzene rings is 1. The normalized spacial score (nSPS) is 21.1. The lowest BCUT2D eigenvalue weighted by molar-refractivity contribution is 0.518. The molecule has 0 spiro atoms. The molecule has 1 atom stereocenters. The van der Waals surface area contributed by atoms with E-state index in [2.05, 4.69) is 26.0 Å². The van der Waals surface area contributed by atoms with Gasteiger partial charge in [0.1, 0.15) is 0 Å². The predicted octanol–water partition coefficient (Wildman–Crippen LogP) is 2.18. The van der Waals surface area contributed by atoms with E-state index in [1.54, 1.807) is 6.07 Å². The molecule has 0 radical (unpaired) electrons. The van der Waals surface area contributed by atoms with Gasteiger partial charge in [-0.15, -0.1) is 0 Å². The number of nitrogens with one attached hydrogen (secondary N) is 2. The van der Waals surface area contributed by atoms with E-state index in [0.29, 0.717) is 9.37 Å². The summed E-state index contributed by atoms with van der Waals surface area (Å²) in [4.78, 5) is 0.315. The van der Waals surface area contributed by atoms with E-state index in [0.717, 1.165) is 37.9 Å². The molecule has 19 heavy (non-hydrogen) atoms. The molecule has 106 valence electrons. The Morgan fingerprint density at radius 1 is 1.32 bits per heavy atom. The zero-order valence-electron chi connectivity index (χ0n) is 10.9. The molecule has 1 heterocycles. The van der Waals surface area contributed by atoms with Gasteiger partial charge in [0.25, 0.3) is 0 Å². The number of hydrogen-bond donors (Lipinski definition) is 2. The van der Waals surface area contributed by atoms with Crippen LogP contribution in [0.5, 0.6) is 0 Å². The third-order valence-electron chi connectivity index (χ3n) is 3.27. The zero-order valence-corrected chi connectivity index (χ0v) is 13.4. The highest BCUT2D eigenvalue weighted by Gasteiger charge is 2.22. The molecule has 1 unspecified atom stereocenters. The van der Waals surface area contributed by atoms with Crippen molar-refractivity contribution < 1.29 is 8.42 Å². The van der Waals surface area contributed by atoms with E-state index >= 15 is 0 Å². The number of hydrogen-bond acceptors (Lipinski definition) is 3. The van der Waals surface area contributed by atoms with E-state index in [9.17, 15) is 8.42 Å². The summed E-state index contributed by atoms with van der Waals surface area (Å²) in [5.41, 5.74) is 1.03. The molecule has 1 aromatic carbocycles. The highest BCUT2D eigenvalue weighted by atomic mass is 79.9. The first-order valence-corrected chi connectivity index (χ1v) is 8.76. The van der Waals surface area contributed by atoms with E-state index in [4.69, 9.17) is 0 Å². The third kappa shape index (κ3) is 4.02. The van der Waals surface area contributed by atoms with Crippen LogP contribution in [0.4, 0.5) is 0 Å². The van der Waals surface area contributed by atoms with Gasteiger partial charge in [0, 0.05) is 10.5 Å². The monoisotopic (exact) mass is 346 g/mol. The molecule has 6 heteroatoms. The van der Waals surface area contributed by atoms with Crippen LogP contribution in [-0.2, 0) is 10.0 Å². The maximum atomic E-state index is 12.4. The van der Waals surface area contributed by atoms with Gasteiger partial charge in [0.15, 0.2) is 0 Å². The first-order valence-electron chi connectivity index (χ1n) is 6.48. The molecule has 1 aliphatic rings. The average Bonchev–Trinajstić information content (AvgIpc) is 2.56. The summed E-state index contributed by atoms with van der Waals surface area (Å²) in [7, 11) is -3.45. The Labute approximate surface area is 123 Å². The molecule has 0 bridgehead atoms. The van der Waals surface area contributed by atoms with Gasteiger partial charge in [-0.1, -0.05) is 6.07 Å². The summed E-state index contributed by atoms with van der Waals surface area (Å²) in [6, 6.07) is 5.31. The van der Waals surface area contributed by atoms with Crippen LogP contribution in [0.15, 0.2) is 27.6 Å². The zero-order chi connectivity index (χ0) is 13.9. The van der Waals surface area contributed by atoms with Crippen molar-refractivity contribution in [1.82, 2.24) is 10.0 Å². The Morgan fingerprint density at radius 3 is 2.84 bits per heavy atom. The Hall–Kier alpha value is -0.430. The van der Waals surface area contributed by atoms with Gasteiger partial charge in [-0.25, -0.2) is 13.1 Å². The summed E-state index contributed by atoms with van der Waals surface area (Å²) in [6.07, 6.45) is 2.72. The fraction of sp³-hybridized carbons (Fsp3) is 0.538. The van der Waals surface area contributed by atoms with Crippen molar-refractivity contribution in [3.8, 4) is 0 Å². The van der Waals surface area contributed by atoms with Crippen molar-refractivity contribution in [2.24, 2.45) is 0 Å². The smallest absolute Gasteiger partial charge is 0.241 e. The van der Waals surface area contributed by atoms with Crippen molar-refractivity contribution >= 4 is 26.0 Å². The number of halogens is 1. The van der Waals surface area contributed by atoms with Crippen molar-refractivity contribution in [2.75, 3.05) is 13.1 Å². The van der Waals surface area contributed by atoms with Crippen LogP contribution < -0.4 is 10.0 Å². The molecule has 1 aliphatic heterocycles. The quantitative estimate of drug-likeness (QED) is 0.881. The van der Waals surface area contributed by atoms with Gasteiger partial charge in [-0.2, -0.15) is 0 Å². The molecule has 0 amide bonds. The van der Waals surface area contributed by atoms with E-state index in [-0.39, 0.29) is 6.04 Å². The molecular weight excluding hydrogens is 328 g/mol. The van der Waals surface area contributed by atoms with Crippen LogP contribution in [0, 0.1) is 6.92 Å². The van der Waals surface area contributed by atoms with E-state index in [1.165, 1.54) is 0 Å². The van der Waals surface area contributed by atoms with Gasteiger partial charge in [0.2, 0.25) is 10.0 Å². The summed E-state index contributed by atoms with van der Waals surface area (Å²) in [6.45, 7) is 3.76. The standard InChI is InChI=1S/C13H19BrN2O2S/c1-10-4-5-13(12(14)9-10)19(17,18)16-11-3-2-7-15-8-6-11/h4-5,9,11,15-16H,2-3,6-8H2,1H3. The van der Waals surface area contributed by atoms with Crippen molar-refractivity contribution in [3.63, 3.8) is 0 Å². The number of rotatable bonds is 3. The number of aryl methyl sites for hydroxylation is 1. The van der Waals surface area contributed by atoms with Crippen LogP contribution in [0.25, 0.3) is 0 Å². The Kier molecular flexibility index (Phi) is 5.00. The second-order valence-corrected chi connectivity index (χ2v) is 7.47. The lowest BCUT2D eigenvalue weighted by Gasteiger charge is -2.17. The summed E-state index contributed by atoms with van der Waals surface area (Å²) in [5.74, 6) is 0. The maximum Gasteiger partial charge on any atom is 0.241 e. The predicted molar refractivity (Wildman–Crippen MR) is 79.7 cm³/mol. The average molecular weight is 347 g/mol. The second-order valence-electron chi connectivity index (χ2n) is 4.93. The minimum atomic E-state index is -3.45. The van der Waals surface area contributed by atoms with Crippen LogP contribution in [0.1, 0.15) is 24.8 Å². The lowest BCUT2D eigenvalue weighted by Crippen LogP contribution is -2.35. The number of sulfonamides is 1. The summed E-state index contributed by atoms with van der Waals surface area (Å²) >= 11 is 3.33. The Bertz CT molecular complexity index is 538. The van der Waals surface area contributed by atoms with Gasteiger partial charge in [-0.3, -0.25) is 0 Å². The van der Waals surface area contributed by atoms with E-state index in [1.807, 2.05) is 19.1 Å².